The molecule has 2 atom stereocenters. The molecular formula is C18H17BrF2N2S. The highest BCUT2D eigenvalue weighted by molar-refractivity contribution is 9.11. The van der Waals surface area contributed by atoms with Gasteiger partial charge in [-0.3, -0.25) is 4.90 Å². The number of para-hydroxylation sites is 1. The van der Waals surface area contributed by atoms with Gasteiger partial charge in [0.1, 0.15) is 0 Å². The molecule has 3 aromatic rings. The Balaban J connectivity index is 1.90. The molecule has 0 saturated carbocycles. The lowest BCUT2D eigenvalue weighted by atomic mass is 9.91. The summed E-state index contributed by atoms with van der Waals surface area (Å²) in [6, 6.07) is 12.1. The largest absolute Gasteiger partial charge is 0.357 e. The standard InChI is InChI=1S/C18H17BrF2N2S/c1-10-8-12-11-4-2-3-5-13(11)22-17(12)18(23(10)9-16(20)21)14-6-7-15(19)24-14/h2-7,10,16,18,22H,8-9H2,1H3/t10-,18-/m1/s1. The van der Waals surface area contributed by atoms with E-state index < -0.39 is 6.43 Å². The van der Waals surface area contributed by atoms with Crippen molar-refractivity contribution >= 4 is 38.2 Å². The normalized spacial score (nSPS) is 21.5. The van der Waals surface area contributed by atoms with Crippen molar-refractivity contribution in [2.75, 3.05) is 6.54 Å². The Labute approximate surface area is 151 Å². The maximum absolute atomic E-state index is 13.2. The number of alkyl halides is 2. The molecule has 2 nitrogen and oxygen atoms in total. The SMILES string of the molecule is C[C@@H]1Cc2c([nH]c3ccccc23)[C@@H](c2ccc(Br)s2)N1CC(F)F. The van der Waals surface area contributed by atoms with Crippen LogP contribution in [0.25, 0.3) is 10.9 Å². The average Bonchev–Trinajstić information content (AvgIpc) is 3.11. The lowest BCUT2D eigenvalue weighted by Crippen LogP contribution is -2.44. The van der Waals surface area contributed by atoms with Gasteiger partial charge in [0.2, 0.25) is 0 Å². The van der Waals surface area contributed by atoms with Crippen molar-refractivity contribution in [2.24, 2.45) is 0 Å². The fourth-order valence-corrected chi connectivity index (χ4v) is 5.29. The summed E-state index contributed by atoms with van der Waals surface area (Å²) in [5, 5.41) is 1.21. The summed E-state index contributed by atoms with van der Waals surface area (Å²) in [5.41, 5.74) is 3.40. The first-order chi connectivity index (χ1) is 11.5. The Morgan fingerprint density at radius 1 is 1.29 bits per heavy atom. The van der Waals surface area contributed by atoms with Crippen LogP contribution in [0.15, 0.2) is 40.2 Å². The van der Waals surface area contributed by atoms with Crippen molar-refractivity contribution in [1.82, 2.24) is 9.88 Å². The van der Waals surface area contributed by atoms with E-state index in [0.29, 0.717) is 0 Å². The van der Waals surface area contributed by atoms with Gasteiger partial charge in [0.15, 0.2) is 0 Å². The van der Waals surface area contributed by atoms with Crippen LogP contribution in [-0.2, 0) is 6.42 Å². The van der Waals surface area contributed by atoms with E-state index in [4.69, 9.17) is 0 Å². The second-order valence-corrected chi connectivity index (χ2v) is 8.74. The van der Waals surface area contributed by atoms with Crippen molar-refractivity contribution in [3.05, 3.63) is 56.3 Å². The van der Waals surface area contributed by atoms with E-state index in [0.717, 1.165) is 26.3 Å². The van der Waals surface area contributed by atoms with Crippen LogP contribution in [0.4, 0.5) is 8.78 Å². The van der Waals surface area contributed by atoms with E-state index in [1.807, 2.05) is 36.1 Å². The molecule has 2 aromatic heterocycles. The lowest BCUT2D eigenvalue weighted by molar-refractivity contribution is 0.0465. The highest BCUT2D eigenvalue weighted by Crippen LogP contribution is 2.43. The van der Waals surface area contributed by atoms with E-state index in [2.05, 4.69) is 33.0 Å². The summed E-state index contributed by atoms with van der Waals surface area (Å²) in [6.45, 7) is 1.83. The molecule has 1 aliphatic rings. The number of rotatable bonds is 3. The molecular weight excluding hydrogens is 394 g/mol. The van der Waals surface area contributed by atoms with Gasteiger partial charge < -0.3 is 4.98 Å². The topological polar surface area (TPSA) is 19.0 Å². The number of hydrogen-bond acceptors (Lipinski definition) is 2. The summed E-state index contributed by atoms with van der Waals surface area (Å²) in [6.07, 6.45) is -1.56. The molecule has 126 valence electrons. The fraction of sp³-hybridized carbons (Fsp3) is 0.333. The van der Waals surface area contributed by atoms with Crippen LogP contribution < -0.4 is 0 Å². The minimum absolute atomic E-state index is 0.0663. The second-order valence-electron chi connectivity index (χ2n) is 6.25. The zero-order valence-electron chi connectivity index (χ0n) is 13.1. The maximum Gasteiger partial charge on any atom is 0.251 e. The summed E-state index contributed by atoms with van der Waals surface area (Å²) in [7, 11) is 0. The molecule has 3 heterocycles. The molecule has 1 aliphatic heterocycles. The Morgan fingerprint density at radius 2 is 2.08 bits per heavy atom. The molecule has 4 rings (SSSR count). The van der Waals surface area contributed by atoms with Crippen LogP contribution in [0.2, 0.25) is 0 Å². The van der Waals surface area contributed by atoms with Crippen LogP contribution in [0.1, 0.15) is 29.1 Å². The Bertz CT molecular complexity index is 873. The van der Waals surface area contributed by atoms with Gasteiger partial charge in [0, 0.05) is 27.5 Å². The van der Waals surface area contributed by atoms with Gasteiger partial charge >= 0.3 is 0 Å². The van der Waals surface area contributed by atoms with Gasteiger partial charge in [0.25, 0.3) is 6.43 Å². The number of halogens is 3. The molecule has 24 heavy (non-hydrogen) atoms. The quantitative estimate of drug-likeness (QED) is 0.595. The maximum atomic E-state index is 13.2. The minimum atomic E-state index is -2.34. The van der Waals surface area contributed by atoms with E-state index in [-0.39, 0.29) is 18.6 Å². The van der Waals surface area contributed by atoms with Crippen LogP contribution >= 0.6 is 27.3 Å². The van der Waals surface area contributed by atoms with Crippen LogP contribution in [0.5, 0.6) is 0 Å². The van der Waals surface area contributed by atoms with Crippen molar-refractivity contribution in [2.45, 2.75) is 31.9 Å². The molecule has 0 spiro atoms. The Kier molecular flexibility index (Phi) is 4.22. The molecule has 0 amide bonds. The molecule has 0 bridgehead atoms. The number of hydrogen-bond donors (Lipinski definition) is 1. The van der Waals surface area contributed by atoms with Crippen LogP contribution in [0, 0.1) is 0 Å². The first-order valence-corrected chi connectivity index (χ1v) is 9.54. The number of aromatic nitrogens is 1. The third kappa shape index (κ3) is 2.70. The first-order valence-electron chi connectivity index (χ1n) is 7.93. The summed E-state index contributed by atoms with van der Waals surface area (Å²) in [4.78, 5) is 6.52. The fourth-order valence-electron chi connectivity index (χ4n) is 3.73. The van der Waals surface area contributed by atoms with Gasteiger partial charge in [-0.25, -0.2) is 8.78 Å². The molecule has 0 radical (unpaired) electrons. The first kappa shape index (κ1) is 16.2. The third-order valence-electron chi connectivity index (χ3n) is 4.73. The highest BCUT2D eigenvalue weighted by atomic mass is 79.9. The van der Waals surface area contributed by atoms with E-state index >= 15 is 0 Å². The minimum Gasteiger partial charge on any atom is -0.357 e. The monoisotopic (exact) mass is 410 g/mol. The lowest BCUT2D eigenvalue weighted by Gasteiger charge is -2.40. The number of fused-ring (bicyclic) bond motifs is 3. The molecule has 1 N–H and O–H groups in total. The van der Waals surface area contributed by atoms with Crippen molar-refractivity contribution in [3.8, 4) is 0 Å². The van der Waals surface area contributed by atoms with Crippen molar-refractivity contribution in [1.29, 1.82) is 0 Å². The highest BCUT2D eigenvalue weighted by Gasteiger charge is 2.37. The molecule has 0 unspecified atom stereocenters. The number of benzene rings is 1. The smallest absolute Gasteiger partial charge is 0.251 e. The number of nitrogens with one attached hydrogen (secondary N) is 1. The zero-order chi connectivity index (χ0) is 16.8. The molecule has 1 aromatic carbocycles. The summed E-state index contributed by atoms with van der Waals surface area (Å²) in [5.74, 6) is 0. The van der Waals surface area contributed by atoms with Gasteiger partial charge in [-0.05, 0) is 53.0 Å². The van der Waals surface area contributed by atoms with E-state index in [1.165, 1.54) is 10.9 Å². The molecule has 0 saturated heterocycles. The van der Waals surface area contributed by atoms with E-state index in [9.17, 15) is 8.78 Å². The Morgan fingerprint density at radius 3 is 2.79 bits per heavy atom. The Hall–Kier alpha value is -1.24. The number of nitrogens with zero attached hydrogens (tertiary/aromatic N) is 1. The second kappa shape index (κ2) is 6.24. The van der Waals surface area contributed by atoms with Crippen molar-refractivity contribution < 1.29 is 8.78 Å². The third-order valence-corrected chi connectivity index (χ3v) is 6.41. The molecule has 0 fully saturated rings. The van der Waals surface area contributed by atoms with Crippen molar-refractivity contribution in [3.63, 3.8) is 0 Å². The van der Waals surface area contributed by atoms with Gasteiger partial charge in [-0.2, -0.15) is 0 Å². The van der Waals surface area contributed by atoms with Gasteiger partial charge in [-0.15, -0.1) is 11.3 Å². The average molecular weight is 411 g/mol. The predicted octanol–water partition coefficient (Wildman–Crippen LogP) is 5.59. The van der Waals surface area contributed by atoms with E-state index in [1.54, 1.807) is 11.3 Å². The zero-order valence-corrected chi connectivity index (χ0v) is 15.5. The predicted molar refractivity (Wildman–Crippen MR) is 98.0 cm³/mol. The van der Waals surface area contributed by atoms with Gasteiger partial charge in [0.05, 0.1) is 16.4 Å². The van der Waals surface area contributed by atoms with Crippen LogP contribution in [0.3, 0.4) is 0 Å². The number of H-pyrrole nitrogens is 1. The number of aromatic amines is 1. The number of thiophene rings is 1. The molecule has 0 aliphatic carbocycles. The summed E-state index contributed by atoms with van der Waals surface area (Å²) >= 11 is 5.11. The van der Waals surface area contributed by atoms with Crippen LogP contribution in [-0.4, -0.2) is 28.9 Å². The van der Waals surface area contributed by atoms with Gasteiger partial charge in [-0.1, -0.05) is 18.2 Å². The summed E-state index contributed by atoms with van der Waals surface area (Å²) < 4.78 is 27.4. The molecule has 6 heteroatoms.